The van der Waals surface area contributed by atoms with E-state index in [0.717, 1.165) is 35.0 Å². The van der Waals surface area contributed by atoms with E-state index in [1.165, 1.54) is 0 Å². The van der Waals surface area contributed by atoms with Gasteiger partial charge in [-0.05, 0) is 43.3 Å². The Morgan fingerprint density at radius 2 is 2.05 bits per heavy atom. The van der Waals surface area contributed by atoms with Crippen LogP contribution < -0.4 is 14.8 Å². The maximum Gasteiger partial charge on any atom is 0.142 e. The average molecular weight is 286 g/mol. The smallest absolute Gasteiger partial charge is 0.142 e. The molecule has 0 saturated carbocycles. The molecule has 0 unspecified atom stereocenters. The van der Waals surface area contributed by atoms with Crippen LogP contribution in [0.3, 0.4) is 0 Å². The molecule has 0 aliphatic heterocycles. The van der Waals surface area contributed by atoms with Crippen LogP contribution in [0, 0.1) is 6.92 Å². The minimum absolute atomic E-state index is 0.501. The zero-order valence-electron chi connectivity index (χ0n) is 12.8. The van der Waals surface area contributed by atoms with Crippen molar-refractivity contribution in [2.75, 3.05) is 13.7 Å². The third kappa shape index (κ3) is 4.46. The van der Waals surface area contributed by atoms with Crippen molar-refractivity contribution in [3.63, 3.8) is 0 Å². The van der Waals surface area contributed by atoms with Crippen molar-refractivity contribution in [2.45, 2.75) is 27.0 Å². The second kappa shape index (κ2) is 7.64. The van der Waals surface area contributed by atoms with Crippen molar-refractivity contribution in [1.29, 1.82) is 0 Å². The Labute approximate surface area is 126 Å². The maximum absolute atomic E-state index is 5.92. The van der Waals surface area contributed by atoms with E-state index in [2.05, 4.69) is 17.2 Å². The number of hydrogen-bond acceptors (Lipinski definition) is 4. The minimum Gasteiger partial charge on any atom is -0.497 e. The molecular weight excluding hydrogens is 264 g/mol. The second-order valence-corrected chi connectivity index (χ2v) is 4.82. The molecule has 4 heteroatoms. The van der Waals surface area contributed by atoms with Gasteiger partial charge in [0.2, 0.25) is 0 Å². The van der Waals surface area contributed by atoms with Crippen molar-refractivity contribution in [2.24, 2.45) is 0 Å². The molecule has 1 heterocycles. The second-order valence-electron chi connectivity index (χ2n) is 4.82. The number of pyridine rings is 1. The van der Waals surface area contributed by atoms with Crippen LogP contribution in [0.4, 0.5) is 0 Å². The number of aryl methyl sites for hydroxylation is 1. The van der Waals surface area contributed by atoms with Crippen LogP contribution in [0.25, 0.3) is 0 Å². The molecule has 0 amide bonds. The Bertz CT molecular complexity index is 585. The molecule has 0 aliphatic carbocycles. The summed E-state index contributed by atoms with van der Waals surface area (Å²) >= 11 is 0. The van der Waals surface area contributed by atoms with Gasteiger partial charge in [-0.2, -0.15) is 0 Å². The number of nitrogens with zero attached hydrogens (tertiary/aromatic N) is 1. The molecule has 0 fully saturated rings. The quantitative estimate of drug-likeness (QED) is 0.849. The van der Waals surface area contributed by atoms with Crippen LogP contribution in [0.15, 0.2) is 36.4 Å². The molecule has 1 aromatic carbocycles. The van der Waals surface area contributed by atoms with Crippen LogP contribution >= 0.6 is 0 Å². The summed E-state index contributed by atoms with van der Waals surface area (Å²) in [6, 6.07) is 11.8. The molecule has 2 rings (SSSR count). The zero-order chi connectivity index (χ0) is 15.1. The van der Waals surface area contributed by atoms with Crippen molar-refractivity contribution < 1.29 is 9.47 Å². The van der Waals surface area contributed by atoms with Gasteiger partial charge >= 0.3 is 0 Å². The maximum atomic E-state index is 5.92. The Balaban J connectivity index is 2.07. The first kappa shape index (κ1) is 15.3. The monoisotopic (exact) mass is 286 g/mol. The molecule has 0 radical (unpaired) electrons. The topological polar surface area (TPSA) is 43.4 Å². The van der Waals surface area contributed by atoms with E-state index in [9.17, 15) is 0 Å². The highest BCUT2D eigenvalue weighted by atomic mass is 16.5. The number of nitrogens with one attached hydrogen (secondary N) is 1. The largest absolute Gasteiger partial charge is 0.497 e. The van der Waals surface area contributed by atoms with Gasteiger partial charge in [0.05, 0.1) is 12.8 Å². The fourth-order valence-electron chi connectivity index (χ4n) is 2.02. The number of hydrogen-bond donors (Lipinski definition) is 1. The fourth-order valence-corrected chi connectivity index (χ4v) is 2.02. The molecule has 21 heavy (non-hydrogen) atoms. The first-order valence-electron chi connectivity index (χ1n) is 7.16. The van der Waals surface area contributed by atoms with E-state index in [4.69, 9.17) is 9.47 Å². The lowest BCUT2D eigenvalue weighted by Gasteiger charge is -2.12. The molecule has 0 saturated heterocycles. The molecular formula is C17H22N2O2. The summed E-state index contributed by atoms with van der Waals surface area (Å²) in [5.41, 5.74) is 3.01. The highest BCUT2D eigenvalue weighted by molar-refractivity contribution is 5.31. The Hall–Kier alpha value is -2.07. The predicted octanol–water partition coefficient (Wildman–Crippen LogP) is 3.09. The first-order valence-corrected chi connectivity index (χ1v) is 7.16. The van der Waals surface area contributed by atoms with E-state index in [-0.39, 0.29) is 0 Å². The number of methoxy groups -OCH3 is 1. The summed E-state index contributed by atoms with van der Waals surface area (Å²) in [5, 5.41) is 3.29. The van der Waals surface area contributed by atoms with E-state index in [1.54, 1.807) is 7.11 Å². The van der Waals surface area contributed by atoms with Crippen molar-refractivity contribution in [1.82, 2.24) is 10.3 Å². The normalized spacial score (nSPS) is 10.4. The van der Waals surface area contributed by atoms with E-state index in [0.29, 0.717) is 13.2 Å². The van der Waals surface area contributed by atoms with E-state index >= 15 is 0 Å². The molecule has 1 aromatic heterocycles. The molecule has 0 atom stereocenters. The molecule has 1 N–H and O–H groups in total. The van der Waals surface area contributed by atoms with E-state index in [1.807, 2.05) is 43.3 Å². The van der Waals surface area contributed by atoms with Gasteiger partial charge in [-0.25, -0.2) is 0 Å². The lowest BCUT2D eigenvalue weighted by atomic mass is 10.2. The Morgan fingerprint density at radius 3 is 2.81 bits per heavy atom. The summed E-state index contributed by atoms with van der Waals surface area (Å²) in [5.74, 6) is 1.66. The van der Waals surface area contributed by atoms with Gasteiger partial charge in [0, 0.05) is 12.2 Å². The SMILES string of the molecule is CCNCc1nc(C)ccc1OCc1cccc(OC)c1. The van der Waals surface area contributed by atoms with Crippen molar-refractivity contribution in [3.8, 4) is 11.5 Å². The Kier molecular flexibility index (Phi) is 5.58. The highest BCUT2D eigenvalue weighted by Gasteiger charge is 2.06. The third-order valence-electron chi connectivity index (χ3n) is 3.14. The number of aromatic nitrogens is 1. The molecule has 112 valence electrons. The predicted molar refractivity (Wildman–Crippen MR) is 83.7 cm³/mol. The Morgan fingerprint density at radius 1 is 1.19 bits per heavy atom. The lowest BCUT2D eigenvalue weighted by molar-refractivity contribution is 0.299. The summed E-state index contributed by atoms with van der Waals surface area (Å²) in [6.45, 7) is 6.19. The van der Waals surface area contributed by atoms with Crippen LogP contribution in [-0.4, -0.2) is 18.6 Å². The number of ether oxygens (including phenoxy) is 2. The van der Waals surface area contributed by atoms with Gasteiger partial charge in [-0.1, -0.05) is 19.1 Å². The van der Waals surface area contributed by atoms with Crippen molar-refractivity contribution >= 4 is 0 Å². The first-order chi connectivity index (χ1) is 10.2. The van der Waals surface area contributed by atoms with Gasteiger partial charge in [-0.3, -0.25) is 4.98 Å². The summed E-state index contributed by atoms with van der Waals surface area (Å²) in [6.07, 6.45) is 0. The van der Waals surface area contributed by atoms with Crippen molar-refractivity contribution in [3.05, 3.63) is 53.3 Å². The van der Waals surface area contributed by atoms with Crippen LogP contribution in [0.2, 0.25) is 0 Å². The van der Waals surface area contributed by atoms with Gasteiger partial charge in [0.15, 0.2) is 0 Å². The van der Waals surface area contributed by atoms with Gasteiger partial charge < -0.3 is 14.8 Å². The molecule has 2 aromatic rings. The van der Waals surface area contributed by atoms with Gasteiger partial charge in [0.1, 0.15) is 18.1 Å². The highest BCUT2D eigenvalue weighted by Crippen LogP contribution is 2.20. The van der Waals surface area contributed by atoms with Crippen LogP contribution in [0.5, 0.6) is 11.5 Å². The van der Waals surface area contributed by atoms with Gasteiger partial charge in [-0.15, -0.1) is 0 Å². The van der Waals surface area contributed by atoms with Gasteiger partial charge in [0.25, 0.3) is 0 Å². The van der Waals surface area contributed by atoms with E-state index < -0.39 is 0 Å². The standard InChI is InChI=1S/C17H22N2O2/c1-4-18-11-16-17(9-8-13(2)19-16)21-12-14-6-5-7-15(10-14)20-3/h5-10,18H,4,11-12H2,1-3H3. The number of benzene rings is 1. The third-order valence-corrected chi connectivity index (χ3v) is 3.14. The summed E-state index contributed by atoms with van der Waals surface area (Å²) in [7, 11) is 1.67. The zero-order valence-corrected chi connectivity index (χ0v) is 12.8. The van der Waals surface area contributed by atoms with Crippen LogP contribution in [-0.2, 0) is 13.2 Å². The average Bonchev–Trinajstić information content (AvgIpc) is 2.52. The summed E-state index contributed by atoms with van der Waals surface area (Å²) in [4.78, 5) is 4.54. The summed E-state index contributed by atoms with van der Waals surface area (Å²) < 4.78 is 11.1. The molecule has 0 bridgehead atoms. The fraction of sp³-hybridized carbons (Fsp3) is 0.353. The molecule has 0 spiro atoms. The molecule has 4 nitrogen and oxygen atoms in total. The lowest BCUT2D eigenvalue weighted by Crippen LogP contribution is -2.14. The number of rotatable bonds is 7. The minimum atomic E-state index is 0.501. The van der Waals surface area contributed by atoms with Crippen LogP contribution in [0.1, 0.15) is 23.9 Å². The molecule has 0 aliphatic rings.